The van der Waals surface area contributed by atoms with Crippen LogP contribution in [-0.4, -0.2) is 26.4 Å². The summed E-state index contributed by atoms with van der Waals surface area (Å²) >= 11 is 1.57. The van der Waals surface area contributed by atoms with Gasteiger partial charge in [0.1, 0.15) is 5.75 Å². The van der Waals surface area contributed by atoms with Gasteiger partial charge in [-0.15, -0.1) is 10.2 Å². The molecule has 2 aromatic carbocycles. The van der Waals surface area contributed by atoms with Gasteiger partial charge in [-0.2, -0.15) is 0 Å². The Labute approximate surface area is 155 Å². The molecule has 0 aliphatic rings. The first-order valence-electron chi connectivity index (χ1n) is 8.37. The van der Waals surface area contributed by atoms with Crippen molar-refractivity contribution in [3.63, 3.8) is 0 Å². The van der Waals surface area contributed by atoms with Gasteiger partial charge in [-0.25, -0.2) is 4.98 Å². The predicted molar refractivity (Wildman–Crippen MR) is 101 cm³/mol. The van der Waals surface area contributed by atoms with Crippen LogP contribution in [0.1, 0.15) is 18.7 Å². The van der Waals surface area contributed by atoms with Crippen molar-refractivity contribution in [1.82, 2.24) is 19.7 Å². The molecule has 132 valence electrons. The number of para-hydroxylation sites is 2. The van der Waals surface area contributed by atoms with Gasteiger partial charge in [0, 0.05) is 12.6 Å². The van der Waals surface area contributed by atoms with E-state index >= 15 is 0 Å². The second kappa shape index (κ2) is 7.21. The maximum atomic E-state index is 5.55. The second-order valence-electron chi connectivity index (χ2n) is 5.65. The molecule has 0 radical (unpaired) electrons. The molecule has 0 fully saturated rings. The van der Waals surface area contributed by atoms with E-state index < -0.39 is 0 Å². The van der Waals surface area contributed by atoms with E-state index in [1.54, 1.807) is 18.7 Å². The summed E-state index contributed by atoms with van der Waals surface area (Å²) in [6.07, 6.45) is 0. The van der Waals surface area contributed by atoms with Crippen LogP contribution in [0.2, 0.25) is 0 Å². The van der Waals surface area contributed by atoms with Gasteiger partial charge in [-0.05, 0) is 43.3 Å². The molecule has 0 aliphatic heterocycles. The normalized spacial score (nSPS) is 11.2. The molecule has 4 aromatic rings. The molecule has 0 saturated carbocycles. The van der Waals surface area contributed by atoms with E-state index in [9.17, 15) is 0 Å². The maximum Gasteiger partial charge on any atom is 0.226 e. The van der Waals surface area contributed by atoms with Crippen molar-refractivity contribution in [2.24, 2.45) is 0 Å². The van der Waals surface area contributed by atoms with Crippen molar-refractivity contribution >= 4 is 22.8 Å². The van der Waals surface area contributed by atoms with Crippen molar-refractivity contribution in [2.45, 2.75) is 24.8 Å². The first kappa shape index (κ1) is 16.7. The zero-order valence-electron chi connectivity index (χ0n) is 14.5. The molecular weight excluding hydrogens is 348 g/mol. The summed E-state index contributed by atoms with van der Waals surface area (Å²) in [6, 6.07) is 16.1. The molecule has 4 rings (SSSR count). The van der Waals surface area contributed by atoms with E-state index in [0.717, 1.165) is 27.6 Å². The van der Waals surface area contributed by atoms with Crippen molar-refractivity contribution in [3.8, 4) is 11.4 Å². The SMILES string of the molecule is CCOc1ccc(-n2c(SCc3nnc(C)o3)nc3ccccc32)cc1. The van der Waals surface area contributed by atoms with Gasteiger partial charge in [0.25, 0.3) is 0 Å². The Hall–Kier alpha value is -2.80. The Morgan fingerprint density at radius 1 is 1.08 bits per heavy atom. The molecule has 6 nitrogen and oxygen atoms in total. The molecule has 0 atom stereocenters. The number of benzene rings is 2. The zero-order chi connectivity index (χ0) is 17.9. The number of imidazole rings is 1. The second-order valence-corrected chi connectivity index (χ2v) is 6.59. The summed E-state index contributed by atoms with van der Waals surface area (Å²) in [4.78, 5) is 4.77. The topological polar surface area (TPSA) is 66.0 Å². The highest BCUT2D eigenvalue weighted by Gasteiger charge is 2.14. The van der Waals surface area contributed by atoms with Crippen LogP contribution < -0.4 is 4.74 Å². The summed E-state index contributed by atoms with van der Waals surface area (Å²) < 4.78 is 13.2. The van der Waals surface area contributed by atoms with Crippen molar-refractivity contribution in [3.05, 3.63) is 60.3 Å². The summed E-state index contributed by atoms with van der Waals surface area (Å²) in [5, 5.41) is 8.82. The molecule has 0 N–H and O–H groups in total. The van der Waals surface area contributed by atoms with E-state index in [0.29, 0.717) is 24.1 Å². The van der Waals surface area contributed by atoms with Gasteiger partial charge in [-0.1, -0.05) is 23.9 Å². The maximum absolute atomic E-state index is 5.55. The highest BCUT2D eigenvalue weighted by atomic mass is 32.2. The number of aryl methyl sites for hydroxylation is 1. The number of thioether (sulfide) groups is 1. The minimum absolute atomic E-state index is 0.570. The fraction of sp³-hybridized carbons (Fsp3) is 0.211. The standard InChI is InChI=1S/C19H18N4O2S/c1-3-24-15-10-8-14(9-11-15)23-17-7-5-4-6-16(17)20-19(23)26-12-18-22-21-13(2)25-18/h4-11H,3,12H2,1-2H3. The van der Waals surface area contributed by atoms with E-state index in [1.165, 1.54) is 0 Å². The van der Waals surface area contributed by atoms with Crippen molar-refractivity contribution < 1.29 is 9.15 Å². The van der Waals surface area contributed by atoms with Crippen molar-refractivity contribution in [2.75, 3.05) is 6.61 Å². The predicted octanol–water partition coefficient (Wildman–Crippen LogP) is 4.41. The number of hydrogen-bond donors (Lipinski definition) is 0. The Morgan fingerprint density at radius 3 is 2.62 bits per heavy atom. The highest BCUT2D eigenvalue weighted by Crippen LogP contribution is 2.30. The average Bonchev–Trinajstić information content (AvgIpc) is 3.24. The van der Waals surface area contributed by atoms with E-state index in [2.05, 4.69) is 20.8 Å². The van der Waals surface area contributed by atoms with Gasteiger partial charge < -0.3 is 9.15 Å². The fourth-order valence-corrected chi connectivity index (χ4v) is 3.60. The lowest BCUT2D eigenvalue weighted by atomic mass is 10.2. The third kappa shape index (κ3) is 3.30. The largest absolute Gasteiger partial charge is 0.494 e. The summed E-state index contributed by atoms with van der Waals surface area (Å²) in [6.45, 7) is 4.42. The molecule has 26 heavy (non-hydrogen) atoms. The van der Waals surface area contributed by atoms with Crippen LogP contribution in [0.5, 0.6) is 5.75 Å². The lowest BCUT2D eigenvalue weighted by Crippen LogP contribution is -1.98. The van der Waals surface area contributed by atoms with Crippen LogP contribution in [0.15, 0.2) is 58.1 Å². The van der Waals surface area contributed by atoms with E-state index in [1.807, 2.05) is 49.4 Å². The van der Waals surface area contributed by atoms with Gasteiger partial charge in [0.2, 0.25) is 11.8 Å². The van der Waals surface area contributed by atoms with Crippen molar-refractivity contribution in [1.29, 1.82) is 0 Å². The molecule has 7 heteroatoms. The number of hydrogen-bond acceptors (Lipinski definition) is 6. The molecule has 0 bridgehead atoms. The summed E-state index contributed by atoms with van der Waals surface area (Å²) in [5.41, 5.74) is 3.04. The number of ether oxygens (including phenoxy) is 1. The Morgan fingerprint density at radius 2 is 1.88 bits per heavy atom. The molecule has 2 aromatic heterocycles. The Balaban J connectivity index is 1.71. The van der Waals surface area contributed by atoms with Gasteiger partial charge in [-0.3, -0.25) is 4.57 Å². The van der Waals surface area contributed by atoms with Crippen LogP contribution in [0.3, 0.4) is 0 Å². The Bertz CT molecular complexity index is 1020. The molecule has 0 aliphatic carbocycles. The molecule has 0 saturated heterocycles. The van der Waals surface area contributed by atoms with Gasteiger partial charge >= 0.3 is 0 Å². The van der Waals surface area contributed by atoms with E-state index in [-0.39, 0.29) is 0 Å². The van der Waals surface area contributed by atoms with E-state index in [4.69, 9.17) is 14.1 Å². The van der Waals surface area contributed by atoms with Crippen LogP contribution in [0, 0.1) is 6.92 Å². The average molecular weight is 366 g/mol. The minimum Gasteiger partial charge on any atom is -0.494 e. The van der Waals surface area contributed by atoms with Crippen LogP contribution in [0.25, 0.3) is 16.7 Å². The minimum atomic E-state index is 0.570. The summed E-state index contributed by atoms with van der Waals surface area (Å²) in [7, 11) is 0. The quantitative estimate of drug-likeness (QED) is 0.471. The monoisotopic (exact) mass is 366 g/mol. The van der Waals surface area contributed by atoms with Crippen LogP contribution in [0.4, 0.5) is 0 Å². The number of aromatic nitrogens is 4. The lowest BCUT2D eigenvalue weighted by molar-refractivity contribution is 0.340. The number of nitrogens with zero attached hydrogens (tertiary/aromatic N) is 4. The van der Waals surface area contributed by atoms with Gasteiger partial charge in [0.05, 0.1) is 23.4 Å². The first-order valence-corrected chi connectivity index (χ1v) is 9.35. The molecule has 0 spiro atoms. The fourth-order valence-electron chi connectivity index (χ4n) is 2.73. The van der Waals surface area contributed by atoms with Gasteiger partial charge in [0.15, 0.2) is 5.16 Å². The van der Waals surface area contributed by atoms with Crippen LogP contribution >= 0.6 is 11.8 Å². The van der Waals surface area contributed by atoms with Crippen LogP contribution in [-0.2, 0) is 5.75 Å². The first-order chi connectivity index (χ1) is 12.7. The molecule has 0 unspecified atom stereocenters. The molecular formula is C19H18N4O2S. The lowest BCUT2D eigenvalue weighted by Gasteiger charge is -2.10. The smallest absolute Gasteiger partial charge is 0.226 e. The third-order valence-corrected chi connectivity index (χ3v) is 4.75. The third-order valence-electron chi connectivity index (χ3n) is 3.83. The highest BCUT2D eigenvalue weighted by molar-refractivity contribution is 7.98. The summed E-state index contributed by atoms with van der Waals surface area (Å²) in [5.74, 6) is 2.59. The number of fused-ring (bicyclic) bond motifs is 1. The Kier molecular flexibility index (Phi) is 4.62. The molecule has 2 heterocycles. The number of rotatable bonds is 6. The zero-order valence-corrected chi connectivity index (χ0v) is 15.4. The molecule has 0 amide bonds.